The summed E-state index contributed by atoms with van der Waals surface area (Å²) in [7, 11) is 0. The smallest absolute Gasteiger partial charge is 0.0570 e. The summed E-state index contributed by atoms with van der Waals surface area (Å²) in [6.07, 6.45) is 18.8. The predicted octanol–water partition coefficient (Wildman–Crippen LogP) is 6.09. The topological polar surface area (TPSA) is 20.2 Å². The second kappa shape index (κ2) is 11.6. The molecule has 0 radical (unpaired) electrons. The third-order valence-corrected chi connectivity index (χ3v) is 5.28. The fraction of sp³-hybridized carbons (Fsp3) is 1.00. The molecule has 1 fully saturated rings. The number of aliphatic hydroxyl groups excluding tert-OH is 1. The first kappa shape index (κ1) is 18.0. The largest absolute Gasteiger partial charge is 0.393 e. The molecule has 1 N–H and O–H groups in total. The van der Waals surface area contributed by atoms with Gasteiger partial charge in [0, 0.05) is 0 Å². The van der Waals surface area contributed by atoms with Gasteiger partial charge >= 0.3 is 0 Å². The van der Waals surface area contributed by atoms with Gasteiger partial charge in [0.25, 0.3) is 0 Å². The number of rotatable bonds is 12. The van der Waals surface area contributed by atoms with Crippen molar-refractivity contribution in [3.05, 3.63) is 0 Å². The molecular formula is C19H38O. The molecule has 1 aliphatic carbocycles. The summed E-state index contributed by atoms with van der Waals surface area (Å²) < 4.78 is 0. The Hall–Kier alpha value is -0.0400. The highest BCUT2D eigenvalue weighted by Crippen LogP contribution is 2.35. The minimum atomic E-state index is -0.0125. The first-order valence-corrected chi connectivity index (χ1v) is 9.43. The number of aliphatic hydroxyl groups is 1. The SMILES string of the molecule is CCCCCCCCCCCCC(O)C1CCCC1C. The summed E-state index contributed by atoms with van der Waals surface area (Å²) in [6.45, 7) is 4.60. The Kier molecular flexibility index (Phi) is 10.4. The highest BCUT2D eigenvalue weighted by atomic mass is 16.3. The van der Waals surface area contributed by atoms with Crippen molar-refractivity contribution in [2.45, 2.75) is 110 Å². The van der Waals surface area contributed by atoms with Gasteiger partial charge in [-0.2, -0.15) is 0 Å². The molecule has 0 heterocycles. The summed E-state index contributed by atoms with van der Waals surface area (Å²) in [4.78, 5) is 0. The zero-order valence-electron chi connectivity index (χ0n) is 14.1. The quantitative estimate of drug-likeness (QED) is 0.429. The second-order valence-corrected chi connectivity index (χ2v) is 7.11. The van der Waals surface area contributed by atoms with Crippen LogP contribution in [0.25, 0.3) is 0 Å². The average molecular weight is 283 g/mol. The third kappa shape index (κ3) is 7.67. The fourth-order valence-corrected chi connectivity index (χ4v) is 3.80. The lowest BCUT2D eigenvalue weighted by molar-refractivity contribution is 0.0793. The van der Waals surface area contributed by atoms with Gasteiger partial charge in [-0.1, -0.05) is 90.9 Å². The highest BCUT2D eigenvalue weighted by molar-refractivity contribution is 4.80. The van der Waals surface area contributed by atoms with Crippen LogP contribution in [0.4, 0.5) is 0 Å². The molecule has 1 nitrogen and oxygen atoms in total. The maximum atomic E-state index is 10.2. The van der Waals surface area contributed by atoms with E-state index >= 15 is 0 Å². The third-order valence-electron chi connectivity index (χ3n) is 5.28. The molecule has 0 aliphatic heterocycles. The van der Waals surface area contributed by atoms with E-state index < -0.39 is 0 Å². The van der Waals surface area contributed by atoms with Gasteiger partial charge in [0.05, 0.1) is 6.10 Å². The first-order chi connectivity index (χ1) is 9.75. The summed E-state index contributed by atoms with van der Waals surface area (Å²) in [6, 6.07) is 0. The minimum Gasteiger partial charge on any atom is -0.393 e. The molecule has 120 valence electrons. The van der Waals surface area contributed by atoms with E-state index in [9.17, 15) is 5.11 Å². The molecular weight excluding hydrogens is 244 g/mol. The van der Waals surface area contributed by atoms with Crippen molar-refractivity contribution in [3.8, 4) is 0 Å². The van der Waals surface area contributed by atoms with Crippen molar-refractivity contribution in [2.24, 2.45) is 11.8 Å². The Balaban J connectivity index is 1.84. The van der Waals surface area contributed by atoms with Gasteiger partial charge < -0.3 is 5.11 Å². The lowest BCUT2D eigenvalue weighted by Gasteiger charge is -2.22. The molecule has 1 heteroatoms. The van der Waals surface area contributed by atoms with E-state index in [1.54, 1.807) is 0 Å². The maximum absolute atomic E-state index is 10.2. The zero-order chi connectivity index (χ0) is 14.6. The normalized spacial score (nSPS) is 24.1. The van der Waals surface area contributed by atoms with Gasteiger partial charge in [-0.15, -0.1) is 0 Å². The van der Waals surface area contributed by atoms with Crippen molar-refractivity contribution in [3.63, 3.8) is 0 Å². The fourth-order valence-electron chi connectivity index (χ4n) is 3.80. The Bertz CT molecular complexity index is 214. The van der Waals surface area contributed by atoms with Crippen molar-refractivity contribution < 1.29 is 5.11 Å². The van der Waals surface area contributed by atoms with E-state index in [0.29, 0.717) is 5.92 Å². The lowest BCUT2D eigenvalue weighted by Crippen LogP contribution is -2.22. The molecule has 3 unspecified atom stereocenters. The van der Waals surface area contributed by atoms with Crippen LogP contribution >= 0.6 is 0 Å². The summed E-state index contributed by atoms with van der Waals surface area (Å²) >= 11 is 0. The molecule has 0 aromatic heterocycles. The molecule has 0 amide bonds. The van der Waals surface area contributed by atoms with Gasteiger partial charge in [0.2, 0.25) is 0 Å². The Morgan fingerprint density at radius 3 is 1.90 bits per heavy atom. The number of hydrogen-bond donors (Lipinski definition) is 1. The van der Waals surface area contributed by atoms with E-state index in [-0.39, 0.29) is 6.10 Å². The molecule has 0 aromatic carbocycles. The maximum Gasteiger partial charge on any atom is 0.0570 e. The van der Waals surface area contributed by atoms with Crippen molar-refractivity contribution in [2.75, 3.05) is 0 Å². The first-order valence-electron chi connectivity index (χ1n) is 9.43. The van der Waals surface area contributed by atoms with Crippen LogP contribution in [0.15, 0.2) is 0 Å². The second-order valence-electron chi connectivity index (χ2n) is 7.11. The lowest BCUT2D eigenvalue weighted by atomic mass is 9.89. The van der Waals surface area contributed by atoms with Crippen molar-refractivity contribution in [1.82, 2.24) is 0 Å². The summed E-state index contributed by atoms with van der Waals surface area (Å²) in [5, 5.41) is 10.2. The molecule has 0 bridgehead atoms. The Morgan fingerprint density at radius 2 is 1.40 bits per heavy atom. The van der Waals surface area contributed by atoms with E-state index in [1.165, 1.54) is 83.5 Å². The van der Waals surface area contributed by atoms with Crippen molar-refractivity contribution >= 4 is 0 Å². The van der Waals surface area contributed by atoms with Crippen LogP contribution in [0.2, 0.25) is 0 Å². The van der Waals surface area contributed by atoms with Crippen LogP contribution in [-0.2, 0) is 0 Å². The standard InChI is InChI=1S/C19H38O/c1-3-4-5-6-7-8-9-10-11-12-16-19(20)18-15-13-14-17(18)2/h17-20H,3-16H2,1-2H3. The van der Waals surface area contributed by atoms with Crippen LogP contribution in [-0.4, -0.2) is 11.2 Å². The summed E-state index contributed by atoms with van der Waals surface area (Å²) in [5.41, 5.74) is 0. The van der Waals surface area contributed by atoms with E-state index in [4.69, 9.17) is 0 Å². The Morgan fingerprint density at radius 1 is 0.850 bits per heavy atom. The van der Waals surface area contributed by atoms with Crippen LogP contribution in [0.1, 0.15) is 104 Å². The highest BCUT2D eigenvalue weighted by Gasteiger charge is 2.28. The molecule has 1 saturated carbocycles. The van der Waals surface area contributed by atoms with Gasteiger partial charge in [-0.3, -0.25) is 0 Å². The van der Waals surface area contributed by atoms with E-state index in [2.05, 4.69) is 13.8 Å². The van der Waals surface area contributed by atoms with Crippen molar-refractivity contribution in [1.29, 1.82) is 0 Å². The Labute approximate surface area is 127 Å². The molecule has 1 rings (SSSR count). The molecule has 0 saturated heterocycles. The number of hydrogen-bond acceptors (Lipinski definition) is 1. The minimum absolute atomic E-state index is 0.0125. The zero-order valence-corrected chi connectivity index (χ0v) is 14.1. The van der Waals surface area contributed by atoms with Crippen LogP contribution < -0.4 is 0 Å². The molecule has 3 atom stereocenters. The van der Waals surface area contributed by atoms with Gasteiger partial charge in [0.15, 0.2) is 0 Å². The van der Waals surface area contributed by atoms with Crippen LogP contribution in [0.5, 0.6) is 0 Å². The van der Waals surface area contributed by atoms with Crippen LogP contribution in [0, 0.1) is 11.8 Å². The molecule has 1 aliphatic rings. The number of unbranched alkanes of at least 4 members (excludes halogenated alkanes) is 9. The van der Waals surface area contributed by atoms with Gasteiger partial charge in [0.1, 0.15) is 0 Å². The molecule has 0 spiro atoms. The van der Waals surface area contributed by atoms with Crippen LogP contribution in [0.3, 0.4) is 0 Å². The molecule has 0 aromatic rings. The van der Waals surface area contributed by atoms with Gasteiger partial charge in [-0.25, -0.2) is 0 Å². The van der Waals surface area contributed by atoms with Gasteiger partial charge in [-0.05, 0) is 24.7 Å². The summed E-state index contributed by atoms with van der Waals surface area (Å²) in [5.74, 6) is 1.36. The molecule has 20 heavy (non-hydrogen) atoms. The average Bonchev–Trinajstić information content (AvgIpc) is 2.87. The van der Waals surface area contributed by atoms with E-state index in [0.717, 1.165) is 12.3 Å². The predicted molar refractivity (Wildman–Crippen MR) is 89.0 cm³/mol. The van der Waals surface area contributed by atoms with E-state index in [1.807, 2.05) is 0 Å². The monoisotopic (exact) mass is 282 g/mol.